The minimum atomic E-state index is -0.511. The maximum absolute atomic E-state index is 12.4. The van der Waals surface area contributed by atoms with Crippen LogP contribution in [0.5, 0.6) is 0 Å². The largest absolute Gasteiger partial charge is 0.443 e. The molecule has 0 amide bonds. The van der Waals surface area contributed by atoms with Crippen LogP contribution in [-0.2, 0) is 9.47 Å². The molecule has 0 saturated carbocycles. The van der Waals surface area contributed by atoms with Crippen molar-refractivity contribution in [3.8, 4) is 0 Å². The van der Waals surface area contributed by atoms with Gasteiger partial charge in [-0.1, -0.05) is 24.3 Å². The molecule has 0 bridgehead atoms. The van der Waals surface area contributed by atoms with Crippen molar-refractivity contribution in [2.24, 2.45) is 0 Å². The predicted octanol–water partition coefficient (Wildman–Crippen LogP) is 3.77. The first-order valence-electron chi connectivity index (χ1n) is 8.73. The zero-order chi connectivity index (χ0) is 17.9. The van der Waals surface area contributed by atoms with Crippen molar-refractivity contribution in [3.63, 3.8) is 0 Å². The third kappa shape index (κ3) is 4.71. The highest BCUT2D eigenvalue weighted by Crippen LogP contribution is 2.20. The molecule has 1 aromatic carbocycles. The monoisotopic (exact) mass is 342 g/mol. The van der Waals surface area contributed by atoms with E-state index in [1.807, 2.05) is 39.0 Å². The summed E-state index contributed by atoms with van der Waals surface area (Å²) < 4.78 is 12.4. The molecule has 2 aromatic rings. The fourth-order valence-electron chi connectivity index (χ4n) is 2.84. The molecule has 3 rings (SSSR count). The lowest BCUT2D eigenvalue weighted by atomic mass is 10.1. The molecular formula is C20H26N2O3. The Hall–Kier alpha value is -2.11. The highest BCUT2D eigenvalue weighted by Gasteiger charge is 2.19. The van der Waals surface area contributed by atoms with Crippen LogP contribution in [0, 0.1) is 0 Å². The molecule has 0 unspecified atom stereocenters. The van der Waals surface area contributed by atoms with E-state index in [-0.39, 0.29) is 6.09 Å². The van der Waals surface area contributed by atoms with Gasteiger partial charge in [0, 0.05) is 31.2 Å². The minimum Gasteiger partial charge on any atom is -0.443 e. The van der Waals surface area contributed by atoms with Gasteiger partial charge in [-0.2, -0.15) is 0 Å². The molecule has 1 aliphatic rings. The highest BCUT2D eigenvalue weighted by atomic mass is 16.6. The van der Waals surface area contributed by atoms with Crippen molar-refractivity contribution in [2.75, 3.05) is 32.8 Å². The van der Waals surface area contributed by atoms with Crippen LogP contribution < -0.4 is 0 Å². The number of hydrogen-bond donors (Lipinski definition) is 0. The standard InChI is InChI=1S/C20H26N2O3/c1-20(2,3)25-19(23)22-10-8-17-7-6-16(15-18(17)22)5-4-9-21-11-13-24-14-12-21/h4-8,10,15H,9,11-14H2,1-3H3/b5-4+. The van der Waals surface area contributed by atoms with Crippen LogP contribution in [0.3, 0.4) is 0 Å². The van der Waals surface area contributed by atoms with E-state index in [1.165, 1.54) is 0 Å². The molecule has 5 nitrogen and oxygen atoms in total. The van der Waals surface area contributed by atoms with Gasteiger partial charge in [0.25, 0.3) is 0 Å². The van der Waals surface area contributed by atoms with Crippen molar-refractivity contribution >= 4 is 23.1 Å². The maximum Gasteiger partial charge on any atom is 0.418 e. The summed E-state index contributed by atoms with van der Waals surface area (Å²) in [6, 6.07) is 8.05. The van der Waals surface area contributed by atoms with Crippen LogP contribution >= 0.6 is 0 Å². The number of morpholine rings is 1. The van der Waals surface area contributed by atoms with E-state index < -0.39 is 5.60 Å². The summed E-state index contributed by atoms with van der Waals surface area (Å²) in [6.45, 7) is 10.1. The first kappa shape index (κ1) is 17.7. The molecule has 0 spiro atoms. The summed E-state index contributed by atoms with van der Waals surface area (Å²) in [5, 5.41) is 1.02. The predicted molar refractivity (Wildman–Crippen MR) is 99.9 cm³/mol. The zero-order valence-corrected chi connectivity index (χ0v) is 15.2. The molecule has 1 aromatic heterocycles. The van der Waals surface area contributed by atoms with E-state index in [9.17, 15) is 4.79 Å². The Balaban J connectivity index is 1.74. The molecule has 1 saturated heterocycles. The first-order chi connectivity index (χ1) is 11.9. The van der Waals surface area contributed by atoms with Crippen LogP contribution in [0.15, 0.2) is 36.5 Å². The number of rotatable bonds is 3. The van der Waals surface area contributed by atoms with E-state index >= 15 is 0 Å². The van der Waals surface area contributed by atoms with Crippen molar-refractivity contribution in [1.29, 1.82) is 0 Å². The summed E-state index contributed by atoms with van der Waals surface area (Å²) in [4.78, 5) is 14.7. The summed E-state index contributed by atoms with van der Waals surface area (Å²) in [7, 11) is 0. The lowest BCUT2D eigenvalue weighted by molar-refractivity contribution is 0.0435. The topological polar surface area (TPSA) is 43.7 Å². The second-order valence-corrected chi connectivity index (χ2v) is 7.30. The summed E-state index contributed by atoms with van der Waals surface area (Å²) in [6.07, 6.45) is 5.67. The molecule has 0 N–H and O–H groups in total. The Morgan fingerprint density at radius 1 is 1.24 bits per heavy atom. The van der Waals surface area contributed by atoms with Crippen LogP contribution in [-0.4, -0.2) is 54.0 Å². The smallest absolute Gasteiger partial charge is 0.418 e. The second-order valence-electron chi connectivity index (χ2n) is 7.30. The Bertz CT molecular complexity index is 765. The molecule has 0 radical (unpaired) electrons. The van der Waals surface area contributed by atoms with Crippen LogP contribution in [0.4, 0.5) is 4.79 Å². The number of carbonyl (C=O) groups excluding carboxylic acids is 1. The number of ether oxygens (including phenoxy) is 2. The average Bonchev–Trinajstić information content (AvgIpc) is 2.97. The van der Waals surface area contributed by atoms with Crippen molar-refractivity contribution < 1.29 is 14.3 Å². The number of nitrogens with zero attached hydrogens (tertiary/aromatic N) is 2. The summed E-state index contributed by atoms with van der Waals surface area (Å²) in [5.74, 6) is 0. The van der Waals surface area contributed by atoms with Crippen LogP contribution in [0.25, 0.3) is 17.0 Å². The quantitative estimate of drug-likeness (QED) is 0.852. The fraction of sp³-hybridized carbons (Fsp3) is 0.450. The van der Waals surface area contributed by atoms with Gasteiger partial charge in [-0.3, -0.25) is 9.47 Å². The van der Waals surface area contributed by atoms with Gasteiger partial charge in [-0.25, -0.2) is 4.79 Å². The third-order valence-corrected chi connectivity index (χ3v) is 4.09. The number of hydrogen-bond acceptors (Lipinski definition) is 4. The lowest BCUT2D eigenvalue weighted by Gasteiger charge is -2.25. The zero-order valence-electron chi connectivity index (χ0n) is 15.2. The van der Waals surface area contributed by atoms with Gasteiger partial charge in [0.15, 0.2) is 0 Å². The normalized spacial score (nSPS) is 16.6. The van der Waals surface area contributed by atoms with Crippen LogP contribution in [0.2, 0.25) is 0 Å². The molecule has 134 valence electrons. The average molecular weight is 342 g/mol. The Labute approximate surface area is 148 Å². The van der Waals surface area contributed by atoms with Gasteiger partial charge in [0.1, 0.15) is 5.60 Å². The highest BCUT2D eigenvalue weighted by molar-refractivity contribution is 5.90. The SMILES string of the molecule is CC(C)(C)OC(=O)n1ccc2ccc(/C=C/CN3CCOCC3)cc21. The van der Waals surface area contributed by atoms with Crippen molar-refractivity contribution in [1.82, 2.24) is 9.47 Å². The fourth-order valence-corrected chi connectivity index (χ4v) is 2.84. The minimum absolute atomic E-state index is 0.350. The number of carbonyl (C=O) groups is 1. The molecule has 0 aliphatic carbocycles. The third-order valence-electron chi connectivity index (χ3n) is 4.09. The summed E-state index contributed by atoms with van der Waals surface area (Å²) in [5.41, 5.74) is 1.43. The second kappa shape index (κ2) is 7.42. The van der Waals surface area contributed by atoms with Gasteiger partial charge in [-0.15, -0.1) is 0 Å². The van der Waals surface area contributed by atoms with E-state index in [4.69, 9.17) is 9.47 Å². The van der Waals surface area contributed by atoms with E-state index in [2.05, 4.69) is 23.1 Å². The van der Waals surface area contributed by atoms with Crippen LogP contribution in [0.1, 0.15) is 26.3 Å². The van der Waals surface area contributed by atoms with E-state index in [0.29, 0.717) is 0 Å². The first-order valence-corrected chi connectivity index (χ1v) is 8.73. The van der Waals surface area contributed by atoms with Crippen molar-refractivity contribution in [3.05, 3.63) is 42.1 Å². The van der Waals surface area contributed by atoms with Gasteiger partial charge >= 0.3 is 6.09 Å². The Morgan fingerprint density at radius 2 is 2.00 bits per heavy atom. The van der Waals surface area contributed by atoms with Gasteiger partial charge < -0.3 is 9.47 Å². The Morgan fingerprint density at radius 3 is 2.72 bits per heavy atom. The number of aromatic nitrogens is 1. The molecule has 1 fully saturated rings. The van der Waals surface area contributed by atoms with E-state index in [0.717, 1.165) is 49.3 Å². The number of benzene rings is 1. The molecular weight excluding hydrogens is 316 g/mol. The molecule has 25 heavy (non-hydrogen) atoms. The molecule has 2 heterocycles. The Kier molecular flexibility index (Phi) is 5.25. The van der Waals surface area contributed by atoms with Crippen molar-refractivity contribution in [2.45, 2.75) is 26.4 Å². The molecule has 0 atom stereocenters. The molecule has 1 aliphatic heterocycles. The number of fused-ring (bicyclic) bond motifs is 1. The van der Waals surface area contributed by atoms with Gasteiger partial charge in [0.2, 0.25) is 0 Å². The van der Waals surface area contributed by atoms with Gasteiger partial charge in [0.05, 0.1) is 18.7 Å². The lowest BCUT2D eigenvalue weighted by Crippen LogP contribution is -2.36. The van der Waals surface area contributed by atoms with E-state index in [1.54, 1.807) is 10.8 Å². The molecule has 5 heteroatoms. The van der Waals surface area contributed by atoms with Gasteiger partial charge in [-0.05, 0) is 38.5 Å². The maximum atomic E-state index is 12.4. The summed E-state index contributed by atoms with van der Waals surface area (Å²) >= 11 is 0.